The summed E-state index contributed by atoms with van der Waals surface area (Å²) in [5.41, 5.74) is 0. The van der Waals surface area contributed by atoms with E-state index in [1.165, 1.54) is 0 Å². The fraction of sp³-hybridized carbons (Fsp3) is 1.00. The number of aliphatic hydroxyl groups excluding tert-OH is 5. The average Bonchev–Trinajstić information content (AvgIpc) is 2.19. The van der Waals surface area contributed by atoms with E-state index in [0.717, 1.165) is 0 Å². The van der Waals surface area contributed by atoms with Gasteiger partial charge in [0.25, 0.3) is 0 Å². The highest BCUT2D eigenvalue weighted by atomic mass is 32.5. The van der Waals surface area contributed by atoms with E-state index >= 15 is 0 Å². The fourth-order valence-corrected chi connectivity index (χ4v) is 2.49. The molecule has 1 aliphatic rings. The van der Waals surface area contributed by atoms with E-state index in [1.54, 1.807) is 0 Å². The summed E-state index contributed by atoms with van der Waals surface area (Å²) < 4.78 is 4.14. The zero-order valence-corrected chi connectivity index (χ0v) is 9.94. The van der Waals surface area contributed by atoms with Crippen LogP contribution in [0, 0.1) is 0 Å². The van der Waals surface area contributed by atoms with Gasteiger partial charge < -0.3 is 40.4 Å². The molecule has 0 aromatic rings. The molecule has 6 atom stereocenters. The molecule has 0 radical (unpaired) electrons. The van der Waals surface area contributed by atoms with Gasteiger partial charge in [0.05, 0.1) is 0 Å². The lowest BCUT2D eigenvalue weighted by atomic mass is 9.82. The van der Waals surface area contributed by atoms with Gasteiger partial charge in [0, 0.05) is 0 Å². The van der Waals surface area contributed by atoms with Crippen molar-refractivity contribution in [2.24, 2.45) is 0 Å². The number of aliphatic hydroxyl groups is 6. The molecule has 8 N–H and O–H groups in total. The van der Waals surface area contributed by atoms with Crippen LogP contribution < -0.4 is 0 Å². The first-order valence-electron chi connectivity index (χ1n) is 4.39. The first kappa shape index (κ1) is 15.3. The zero-order valence-electron chi connectivity index (χ0n) is 8.23. The quantitative estimate of drug-likeness (QED) is 0.184. The van der Waals surface area contributed by atoms with Crippen molar-refractivity contribution in [2.75, 3.05) is 0 Å². The third-order valence-electron chi connectivity index (χ3n) is 2.46. The molecule has 0 bridgehead atoms. The van der Waals surface area contributed by atoms with Crippen LogP contribution in [-0.2, 0) is 16.3 Å². The molecular formula is C6H13O9PS. The molecule has 0 amide bonds. The number of hydrogen-bond acceptors (Lipinski definition) is 8. The summed E-state index contributed by atoms with van der Waals surface area (Å²) in [7, 11) is 0. The van der Waals surface area contributed by atoms with Gasteiger partial charge in [-0.1, -0.05) is 0 Å². The minimum atomic E-state index is -4.49. The second-order valence-corrected chi connectivity index (χ2v) is 6.29. The Hall–Kier alpha value is 0.290. The van der Waals surface area contributed by atoms with Crippen molar-refractivity contribution in [2.45, 2.75) is 36.3 Å². The van der Waals surface area contributed by atoms with Crippen molar-refractivity contribution < 1.29 is 44.9 Å². The number of hydrogen-bond donors (Lipinski definition) is 8. The summed E-state index contributed by atoms with van der Waals surface area (Å²) in [4.78, 5) is 17.7. The van der Waals surface area contributed by atoms with Crippen molar-refractivity contribution in [3.63, 3.8) is 0 Å². The molecule has 0 saturated heterocycles. The lowest BCUT2D eigenvalue weighted by Gasteiger charge is -2.47. The predicted molar refractivity (Wildman–Crippen MR) is 54.8 cm³/mol. The first-order chi connectivity index (χ1) is 7.50. The van der Waals surface area contributed by atoms with E-state index in [2.05, 4.69) is 16.3 Å². The highest BCUT2D eigenvalue weighted by Gasteiger charge is 2.60. The third-order valence-corrected chi connectivity index (χ3v) is 3.21. The number of rotatable bonds is 2. The Balaban J connectivity index is 3.08. The second-order valence-electron chi connectivity index (χ2n) is 3.70. The van der Waals surface area contributed by atoms with Crippen LogP contribution in [0.1, 0.15) is 0 Å². The maximum absolute atomic E-state index is 9.69. The first-order valence-corrected chi connectivity index (χ1v) is 7.02. The molecule has 1 rings (SSSR count). The summed E-state index contributed by atoms with van der Waals surface area (Å²) in [6.07, 6.45) is -10.7. The lowest BCUT2D eigenvalue weighted by molar-refractivity contribution is -0.334. The maximum atomic E-state index is 9.69. The van der Waals surface area contributed by atoms with Crippen LogP contribution in [-0.4, -0.2) is 76.7 Å². The molecule has 9 nitrogen and oxygen atoms in total. The molecule has 0 aromatic heterocycles. The summed E-state index contributed by atoms with van der Waals surface area (Å²) in [5, 5.41) is 56.2. The van der Waals surface area contributed by atoms with E-state index in [0.29, 0.717) is 0 Å². The van der Waals surface area contributed by atoms with Gasteiger partial charge in [0.1, 0.15) is 30.5 Å². The summed E-state index contributed by atoms with van der Waals surface area (Å²) in [6, 6.07) is 0. The normalized spacial score (nSPS) is 48.1. The van der Waals surface area contributed by atoms with E-state index in [-0.39, 0.29) is 0 Å². The Kier molecular flexibility index (Phi) is 4.30. The summed E-state index contributed by atoms with van der Waals surface area (Å²) >= 11 is 4.04. The third kappa shape index (κ3) is 2.83. The van der Waals surface area contributed by atoms with Gasteiger partial charge in [-0.25, -0.2) is 0 Å². The van der Waals surface area contributed by atoms with Crippen molar-refractivity contribution in [1.82, 2.24) is 0 Å². The van der Waals surface area contributed by atoms with Crippen molar-refractivity contribution in [1.29, 1.82) is 0 Å². The molecule has 2 unspecified atom stereocenters. The Morgan fingerprint density at radius 3 is 1.53 bits per heavy atom. The van der Waals surface area contributed by atoms with Gasteiger partial charge in [-0.3, -0.25) is 4.52 Å². The molecular weight excluding hydrogens is 279 g/mol. The highest BCUT2D eigenvalue weighted by Crippen LogP contribution is 2.46. The van der Waals surface area contributed by atoms with Gasteiger partial charge >= 0.3 is 6.72 Å². The van der Waals surface area contributed by atoms with Crippen LogP contribution in [0.5, 0.6) is 0 Å². The zero-order chi connectivity index (χ0) is 13.6. The van der Waals surface area contributed by atoms with Gasteiger partial charge in [0.2, 0.25) is 5.79 Å². The van der Waals surface area contributed by atoms with E-state index in [4.69, 9.17) is 9.79 Å². The minimum Gasteiger partial charge on any atom is -0.387 e. The molecule has 102 valence electrons. The van der Waals surface area contributed by atoms with Crippen LogP contribution in [0.4, 0.5) is 0 Å². The van der Waals surface area contributed by atoms with Crippen LogP contribution >= 0.6 is 6.72 Å². The Labute approximate surface area is 100 Å². The maximum Gasteiger partial charge on any atom is 0.324 e. The topological polar surface area (TPSA) is 171 Å². The standard InChI is InChI=1S/C6H13O9PS/c7-1-2(8)4(10)6(12,5(11)3(1)9)15-16(13,14)17/h1-5,7-12H,(H2,13,14,17)/t1?,2-,3+,4-,5-,6?/m1/s1. The molecule has 17 heavy (non-hydrogen) atoms. The van der Waals surface area contributed by atoms with Crippen LogP contribution in [0.2, 0.25) is 0 Å². The van der Waals surface area contributed by atoms with Gasteiger partial charge in [-0.05, 0) is 11.8 Å². The van der Waals surface area contributed by atoms with Crippen LogP contribution in [0.3, 0.4) is 0 Å². The molecule has 0 aliphatic heterocycles. The Bertz CT molecular complexity index is 315. The second kappa shape index (κ2) is 4.76. The Morgan fingerprint density at radius 1 is 0.882 bits per heavy atom. The lowest BCUT2D eigenvalue weighted by Crippen LogP contribution is -2.71. The molecule has 1 saturated carbocycles. The molecule has 11 heteroatoms. The predicted octanol–water partition coefficient (Wildman–Crippen LogP) is -4.28. The molecule has 0 aromatic carbocycles. The SMILES string of the molecule is OC1[C@@H](O)[C@@H](O)C(O)(OP(O)(O)=S)[C@H](O)[C@H]1O. The van der Waals surface area contributed by atoms with Crippen molar-refractivity contribution in [3.8, 4) is 0 Å². The van der Waals surface area contributed by atoms with Gasteiger partial charge in [0.15, 0.2) is 0 Å². The highest BCUT2D eigenvalue weighted by molar-refractivity contribution is 8.06. The van der Waals surface area contributed by atoms with Crippen LogP contribution in [0.15, 0.2) is 0 Å². The minimum absolute atomic E-state index is 1.95. The van der Waals surface area contributed by atoms with Gasteiger partial charge in [-0.2, -0.15) is 0 Å². The fourth-order valence-electron chi connectivity index (χ4n) is 1.54. The Morgan fingerprint density at radius 2 is 1.24 bits per heavy atom. The van der Waals surface area contributed by atoms with E-state index < -0.39 is 43.0 Å². The smallest absolute Gasteiger partial charge is 0.324 e. The van der Waals surface area contributed by atoms with Gasteiger partial charge in [-0.15, -0.1) is 0 Å². The van der Waals surface area contributed by atoms with Crippen molar-refractivity contribution >= 4 is 18.5 Å². The molecule has 1 aliphatic carbocycles. The molecule has 0 heterocycles. The van der Waals surface area contributed by atoms with Crippen molar-refractivity contribution in [3.05, 3.63) is 0 Å². The summed E-state index contributed by atoms with van der Waals surface area (Å²) in [6.45, 7) is -4.49. The van der Waals surface area contributed by atoms with E-state index in [9.17, 15) is 30.6 Å². The summed E-state index contributed by atoms with van der Waals surface area (Å²) in [5.74, 6) is -3.10. The monoisotopic (exact) mass is 292 g/mol. The average molecular weight is 292 g/mol. The van der Waals surface area contributed by atoms with E-state index in [1.807, 2.05) is 0 Å². The van der Waals surface area contributed by atoms with Crippen LogP contribution in [0.25, 0.3) is 0 Å². The molecule has 0 spiro atoms. The largest absolute Gasteiger partial charge is 0.387 e. The molecule has 1 fully saturated rings.